The van der Waals surface area contributed by atoms with Crippen LogP contribution in [0.25, 0.3) is 0 Å². The van der Waals surface area contributed by atoms with E-state index in [9.17, 15) is 0 Å². The Kier molecular flexibility index (Phi) is 2.76. The Bertz CT molecular complexity index is 540. The van der Waals surface area contributed by atoms with Crippen LogP contribution in [0.2, 0.25) is 5.15 Å². The van der Waals surface area contributed by atoms with Crippen molar-refractivity contribution < 1.29 is 0 Å². The van der Waals surface area contributed by atoms with E-state index >= 15 is 0 Å². The first-order chi connectivity index (χ1) is 8.27. The monoisotopic (exact) mass is 265 g/mol. The van der Waals surface area contributed by atoms with E-state index in [4.69, 9.17) is 11.6 Å². The van der Waals surface area contributed by atoms with Crippen LogP contribution in [0.4, 0.5) is 11.5 Å². The maximum Gasteiger partial charge on any atom is 0.187 e. The van der Waals surface area contributed by atoms with Gasteiger partial charge in [0.05, 0.1) is 11.7 Å². The van der Waals surface area contributed by atoms with Gasteiger partial charge in [-0.15, -0.1) is 0 Å². The van der Waals surface area contributed by atoms with Gasteiger partial charge in [0.1, 0.15) is 0 Å². The molecule has 0 radical (unpaired) electrons. The summed E-state index contributed by atoms with van der Waals surface area (Å²) < 4.78 is 8.37. The largest absolute Gasteiger partial charge is 0.320 e. The highest BCUT2D eigenvalue weighted by Crippen LogP contribution is 2.38. The summed E-state index contributed by atoms with van der Waals surface area (Å²) in [6.07, 6.45) is 2.23. The smallest absolute Gasteiger partial charge is 0.187 e. The molecule has 1 aliphatic rings. The molecule has 5 heteroatoms. The van der Waals surface area contributed by atoms with Gasteiger partial charge in [-0.05, 0) is 31.4 Å². The average molecular weight is 266 g/mol. The number of hydrogen-bond donors (Lipinski definition) is 0. The number of aryl methyl sites for hydroxylation is 1. The summed E-state index contributed by atoms with van der Waals surface area (Å²) in [7, 11) is 0. The molecule has 17 heavy (non-hydrogen) atoms. The van der Waals surface area contributed by atoms with Crippen LogP contribution in [0.1, 0.15) is 18.9 Å². The minimum Gasteiger partial charge on any atom is -0.320 e. The fourth-order valence-electron chi connectivity index (χ4n) is 2.33. The molecule has 1 aromatic carbocycles. The minimum absolute atomic E-state index is 0.409. The van der Waals surface area contributed by atoms with Crippen molar-refractivity contribution in [2.24, 2.45) is 0 Å². The standard InChI is InChI=1S/C12H12ClN3S/c1-8-6-7-9-4-2-3-5-10(9)16(8)12-11(13)14-17-15-12/h2-5,8H,6-7H2,1H3. The number of rotatable bonds is 1. The van der Waals surface area contributed by atoms with Crippen LogP contribution < -0.4 is 4.90 Å². The quantitative estimate of drug-likeness (QED) is 0.788. The summed E-state index contributed by atoms with van der Waals surface area (Å²) in [4.78, 5) is 2.20. The molecule has 1 aromatic heterocycles. The second kappa shape index (κ2) is 4.27. The molecule has 0 spiro atoms. The van der Waals surface area contributed by atoms with Gasteiger partial charge in [-0.25, -0.2) is 0 Å². The Labute approximate surface area is 109 Å². The zero-order valence-electron chi connectivity index (χ0n) is 9.43. The molecular formula is C12H12ClN3S. The van der Waals surface area contributed by atoms with Crippen molar-refractivity contribution in [1.29, 1.82) is 0 Å². The summed E-state index contributed by atoms with van der Waals surface area (Å²) in [5, 5.41) is 0.499. The SMILES string of the molecule is CC1CCc2ccccc2N1c1nsnc1Cl. The lowest BCUT2D eigenvalue weighted by Gasteiger charge is -2.35. The predicted molar refractivity (Wildman–Crippen MR) is 71.3 cm³/mol. The van der Waals surface area contributed by atoms with Gasteiger partial charge in [0.15, 0.2) is 11.0 Å². The fourth-order valence-corrected chi connectivity index (χ4v) is 3.05. The number of anilines is 2. The number of nitrogens with zero attached hydrogens (tertiary/aromatic N) is 3. The van der Waals surface area contributed by atoms with Crippen molar-refractivity contribution in [1.82, 2.24) is 8.75 Å². The fraction of sp³-hybridized carbons (Fsp3) is 0.333. The molecule has 1 atom stereocenters. The van der Waals surface area contributed by atoms with E-state index in [-0.39, 0.29) is 0 Å². The molecule has 0 saturated carbocycles. The molecule has 1 unspecified atom stereocenters. The summed E-state index contributed by atoms with van der Waals surface area (Å²) in [5.41, 5.74) is 2.57. The van der Waals surface area contributed by atoms with Crippen molar-refractivity contribution in [3.63, 3.8) is 0 Å². The third-order valence-electron chi connectivity index (χ3n) is 3.18. The first kappa shape index (κ1) is 11.0. The Balaban J connectivity index is 2.13. The summed E-state index contributed by atoms with van der Waals surface area (Å²) in [5.74, 6) is 0.788. The number of aromatic nitrogens is 2. The lowest BCUT2D eigenvalue weighted by atomic mass is 9.97. The topological polar surface area (TPSA) is 29.0 Å². The van der Waals surface area contributed by atoms with Gasteiger partial charge >= 0.3 is 0 Å². The highest BCUT2D eigenvalue weighted by molar-refractivity contribution is 6.99. The van der Waals surface area contributed by atoms with E-state index in [0.29, 0.717) is 11.2 Å². The highest BCUT2D eigenvalue weighted by Gasteiger charge is 2.27. The molecule has 0 N–H and O–H groups in total. The molecule has 3 rings (SSSR count). The Morgan fingerprint density at radius 1 is 1.35 bits per heavy atom. The lowest BCUT2D eigenvalue weighted by Crippen LogP contribution is -2.33. The second-order valence-electron chi connectivity index (χ2n) is 4.27. The number of para-hydroxylation sites is 1. The molecule has 0 amide bonds. The normalized spacial score (nSPS) is 19.2. The van der Waals surface area contributed by atoms with Crippen molar-refractivity contribution in [3.05, 3.63) is 35.0 Å². The molecule has 3 nitrogen and oxygen atoms in total. The van der Waals surface area contributed by atoms with Crippen LogP contribution in [0.15, 0.2) is 24.3 Å². The van der Waals surface area contributed by atoms with Gasteiger partial charge in [0.25, 0.3) is 0 Å². The molecule has 0 bridgehead atoms. The van der Waals surface area contributed by atoms with Gasteiger partial charge in [-0.3, -0.25) is 0 Å². The molecule has 0 aliphatic carbocycles. The van der Waals surface area contributed by atoms with Crippen LogP contribution in [-0.2, 0) is 6.42 Å². The lowest BCUT2D eigenvalue weighted by molar-refractivity contribution is 0.615. The first-order valence-corrected chi connectivity index (χ1v) is 6.73. The van der Waals surface area contributed by atoms with E-state index in [1.807, 2.05) is 0 Å². The van der Waals surface area contributed by atoms with Crippen LogP contribution >= 0.6 is 23.3 Å². The van der Waals surface area contributed by atoms with E-state index in [2.05, 4.69) is 44.8 Å². The highest BCUT2D eigenvalue weighted by atomic mass is 35.5. The summed E-state index contributed by atoms with van der Waals surface area (Å²) in [6.45, 7) is 2.20. The van der Waals surface area contributed by atoms with Crippen LogP contribution in [0.5, 0.6) is 0 Å². The second-order valence-corrected chi connectivity index (χ2v) is 5.15. The molecular weight excluding hydrogens is 254 g/mol. The van der Waals surface area contributed by atoms with E-state index < -0.39 is 0 Å². The molecule has 2 heterocycles. The molecule has 2 aromatic rings. The van der Waals surface area contributed by atoms with Gasteiger partial charge < -0.3 is 4.90 Å². The van der Waals surface area contributed by atoms with Crippen molar-refractivity contribution >= 4 is 34.8 Å². The summed E-state index contributed by atoms with van der Waals surface area (Å²) in [6, 6.07) is 8.83. The number of benzene rings is 1. The van der Waals surface area contributed by atoms with Crippen LogP contribution in [-0.4, -0.2) is 14.8 Å². The van der Waals surface area contributed by atoms with E-state index in [1.54, 1.807) is 0 Å². The third kappa shape index (κ3) is 1.81. The average Bonchev–Trinajstić information content (AvgIpc) is 2.75. The molecule has 88 valence electrons. The third-order valence-corrected chi connectivity index (χ3v) is 4.06. The van der Waals surface area contributed by atoms with Crippen LogP contribution in [0, 0.1) is 0 Å². The number of fused-ring (bicyclic) bond motifs is 1. The predicted octanol–water partition coefficient (Wildman–Crippen LogP) is 3.66. The first-order valence-electron chi connectivity index (χ1n) is 5.62. The van der Waals surface area contributed by atoms with Crippen molar-refractivity contribution in [2.75, 3.05) is 4.90 Å². The molecule has 1 aliphatic heterocycles. The Morgan fingerprint density at radius 2 is 2.18 bits per heavy atom. The minimum atomic E-state index is 0.409. The van der Waals surface area contributed by atoms with Gasteiger partial charge in [0.2, 0.25) is 0 Å². The summed E-state index contributed by atoms with van der Waals surface area (Å²) >= 11 is 7.26. The van der Waals surface area contributed by atoms with Gasteiger partial charge in [-0.1, -0.05) is 29.8 Å². The number of halogens is 1. The van der Waals surface area contributed by atoms with E-state index in [0.717, 1.165) is 30.4 Å². The van der Waals surface area contributed by atoms with Crippen molar-refractivity contribution in [3.8, 4) is 0 Å². The molecule has 0 fully saturated rings. The zero-order chi connectivity index (χ0) is 11.8. The van der Waals surface area contributed by atoms with Gasteiger partial charge in [-0.2, -0.15) is 8.75 Å². The van der Waals surface area contributed by atoms with Gasteiger partial charge in [0, 0.05) is 11.7 Å². The number of hydrogen-bond acceptors (Lipinski definition) is 4. The maximum absolute atomic E-state index is 6.10. The maximum atomic E-state index is 6.10. The Hall–Kier alpha value is -1.13. The van der Waals surface area contributed by atoms with Crippen molar-refractivity contribution in [2.45, 2.75) is 25.8 Å². The van der Waals surface area contributed by atoms with Crippen LogP contribution in [0.3, 0.4) is 0 Å². The van der Waals surface area contributed by atoms with E-state index in [1.165, 1.54) is 11.3 Å². The molecule has 0 saturated heterocycles. The Morgan fingerprint density at radius 3 is 2.94 bits per heavy atom. The zero-order valence-corrected chi connectivity index (χ0v) is 11.0.